The molecule has 0 heterocycles. The molecular formula is C41H82N6O4S2. The van der Waals surface area contributed by atoms with Crippen molar-refractivity contribution in [1.82, 2.24) is 31.5 Å². The Kier molecular flexibility index (Phi) is 38.6. The molecule has 312 valence electrons. The first-order chi connectivity index (χ1) is 25.8. The number of hydrogen-bond donors (Lipinski definition) is 7. The zero-order chi connectivity index (χ0) is 39.0. The number of aliphatic hydroxyl groups excluding tert-OH is 2. The molecule has 1 unspecified atom stereocenters. The van der Waals surface area contributed by atoms with Crippen LogP contribution in [0.25, 0.3) is 0 Å². The van der Waals surface area contributed by atoms with E-state index in [1.54, 1.807) is 0 Å². The maximum absolute atomic E-state index is 13.2. The number of carbonyl (C=O) groups is 2. The van der Waals surface area contributed by atoms with E-state index in [1.165, 1.54) is 141 Å². The van der Waals surface area contributed by atoms with Crippen molar-refractivity contribution in [3.63, 3.8) is 0 Å². The molecule has 0 aromatic rings. The summed E-state index contributed by atoms with van der Waals surface area (Å²) in [6.45, 7) is 7.92. The standard InChI is InChI=1S/C41H82N6O4S2/c1-3-5-7-9-11-13-15-17-19-21-23-25-33-47(34-26-24-22-20-18-16-14-12-10-8-6-4-2)39(51)28-27-38(50)42-29-30-43-40(52)44-31-32-45-41(53)46-35-37(49)36-48/h37,48-49H,3-36H2,1-2H3,(H,42,50)(H2,43,44,52)(H2,45,46,53). The fraction of sp³-hybridized carbons (Fsp3) is 0.902. The summed E-state index contributed by atoms with van der Waals surface area (Å²) in [6, 6.07) is 0. The highest BCUT2D eigenvalue weighted by molar-refractivity contribution is 7.80. The smallest absolute Gasteiger partial charge is 0.223 e. The summed E-state index contributed by atoms with van der Waals surface area (Å²) in [6.07, 6.45) is 30.8. The van der Waals surface area contributed by atoms with E-state index in [0.29, 0.717) is 36.4 Å². The van der Waals surface area contributed by atoms with Crippen molar-refractivity contribution in [1.29, 1.82) is 0 Å². The Morgan fingerprint density at radius 3 is 1.23 bits per heavy atom. The molecule has 0 saturated heterocycles. The van der Waals surface area contributed by atoms with Gasteiger partial charge in [0.1, 0.15) is 0 Å². The van der Waals surface area contributed by atoms with Crippen LogP contribution in [-0.4, -0.2) is 95.7 Å². The van der Waals surface area contributed by atoms with Crippen molar-refractivity contribution in [2.45, 2.75) is 187 Å². The lowest BCUT2D eigenvalue weighted by molar-refractivity contribution is -0.133. The molecule has 0 aliphatic carbocycles. The fourth-order valence-electron chi connectivity index (χ4n) is 6.25. The molecule has 0 aliphatic rings. The summed E-state index contributed by atoms with van der Waals surface area (Å²) in [5.41, 5.74) is 0. The van der Waals surface area contributed by atoms with E-state index < -0.39 is 6.10 Å². The molecule has 0 rings (SSSR count). The van der Waals surface area contributed by atoms with Crippen LogP contribution in [0.1, 0.15) is 181 Å². The van der Waals surface area contributed by atoms with E-state index in [4.69, 9.17) is 29.5 Å². The van der Waals surface area contributed by atoms with Crippen LogP contribution >= 0.6 is 24.4 Å². The largest absolute Gasteiger partial charge is 0.394 e. The highest BCUT2D eigenvalue weighted by atomic mass is 32.1. The van der Waals surface area contributed by atoms with Crippen LogP contribution in [-0.2, 0) is 9.59 Å². The topological polar surface area (TPSA) is 138 Å². The third kappa shape index (κ3) is 37.0. The second-order valence-corrected chi connectivity index (χ2v) is 15.5. The molecule has 12 heteroatoms. The Labute approximate surface area is 335 Å². The highest BCUT2D eigenvalue weighted by Gasteiger charge is 2.15. The molecule has 0 aliphatic heterocycles. The minimum atomic E-state index is -0.858. The molecule has 0 fully saturated rings. The number of carbonyl (C=O) groups excluding carboxylic acids is 2. The molecule has 7 N–H and O–H groups in total. The maximum Gasteiger partial charge on any atom is 0.223 e. The number of nitrogens with one attached hydrogen (secondary N) is 5. The van der Waals surface area contributed by atoms with Crippen molar-refractivity contribution in [3.05, 3.63) is 0 Å². The summed E-state index contributed by atoms with van der Waals surface area (Å²) in [5.74, 6) is -0.0195. The molecular weight excluding hydrogens is 705 g/mol. The number of rotatable bonds is 38. The summed E-state index contributed by atoms with van der Waals surface area (Å²) in [7, 11) is 0. The lowest BCUT2D eigenvalue weighted by Crippen LogP contribution is -2.45. The molecule has 1 atom stereocenters. The minimum Gasteiger partial charge on any atom is -0.394 e. The van der Waals surface area contributed by atoms with Crippen LogP contribution in [0.15, 0.2) is 0 Å². The number of thiocarbonyl (C=S) groups is 2. The van der Waals surface area contributed by atoms with Crippen LogP contribution in [0.3, 0.4) is 0 Å². The predicted octanol–water partition coefficient (Wildman–Crippen LogP) is 7.40. The number of amides is 2. The SMILES string of the molecule is CCCCCCCCCCCCCCN(CCCCCCCCCCCCCC)C(=O)CCC(=O)NCCNC(=S)NCCNC(=S)NCC(O)CO. The van der Waals surface area contributed by atoms with E-state index >= 15 is 0 Å². The second kappa shape index (κ2) is 39.9. The van der Waals surface area contributed by atoms with Crippen LogP contribution in [0.4, 0.5) is 0 Å². The summed E-state index contributed by atoms with van der Waals surface area (Å²) in [5, 5.41) is 33.9. The van der Waals surface area contributed by atoms with Crippen LogP contribution in [0, 0.1) is 0 Å². The van der Waals surface area contributed by atoms with E-state index in [1.807, 2.05) is 4.90 Å². The molecule has 0 radical (unpaired) electrons. The molecule has 0 aromatic carbocycles. The molecule has 0 bridgehead atoms. The van der Waals surface area contributed by atoms with Crippen molar-refractivity contribution < 1.29 is 19.8 Å². The average Bonchev–Trinajstić information content (AvgIpc) is 3.16. The van der Waals surface area contributed by atoms with Crippen LogP contribution in [0.2, 0.25) is 0 Å². The zero-order valence-corrected chi connectivity index (χ0v) is 35.7. The van der Waals surface area contributed by atoms with Gasteiger partial charge in [0.25, 0.3) is 0 Å². The van der Waals surface area contributed by atoms with Crippen molar-refractivity contribution in [2.24, 2.45) is 0 Å². The van der Waals surface area contributed by atoms with Gasteiger partial charge in [0.05, 0.1) is 12.7 Å². The Morgan fingerprint density at radius 2 is 0.849 bits per heavy atom. The lowest BCUT2D eigenvalue weighted by Gasteiger charge is -2.23. The lowest BCUT2D eigenvalue weighted by atomic mass is 10.0. The van der Waals surface area contributed by atoms with Crippen LogP contribution in [0.5, 0.6) is 0 Å². The van der Waals surface area contributed by atoms with Gasteiger partial charge in [-0.2, -0.15) is 0 Å². The number of aliphatic hydroxyl groups is 2. The number of unbranched alkanes of at least 4 members (excludes halogenated alkanes) is 22. The number of hydrogen-bond acceptors (Lipinski definition) is 6. The summed E-state index contributed by atoms with van der Waals surface area (Å²) in [4.78, 5) is 27.8. The predicted molar refractivity (Wildman–Crippen MR) is 231 cm³/mol. The van der Waals surface area contributed by atoms with Crippen molar-refractivity contribution in [2.75, 3.05) is 52.4 Å². The van der Waals surface area contributed by atoms with Gasteiger partial charge in [-0.3, -0.25) is 9.59 Å². The summed E-state index contributed by atoms with van der Waals surface area (Å²) >= 11 is 10.4. The monoisotopic (exact) mass is 787 g/mol. The molecule has 0 saturated carbocycles. The third-order valence-electron chi connectivity index (χ3n) is 9.62. The number of nitrogens with zero attached hydrogens (tertiary/aromatic N) is 1. The molecule has 53 heavy (non-hydrogen) atoms. The Morgan fingerprint density at radius 1 is 0.509 bits per heavy atom. The summed E-state index contributed by atoms with van der Waals surface area (Å²) < 4.78 is 0. The highest BCUT2D eigenvalue weighted by Crippen LogP contribution is 2.14. The maximum atomic E-state index is 13.2. The molecule has 0 spiro atoms. The first-order valence-electron chi connectivity index (χ1n) is 21.7. The van der Waals surface area contributed by atoms with Gasteiger partial charge >= 0.3 is 0 Å². The molecule has 0 aromatic heterocycles. The van der Waals surface area contributed by atoms with E-state index in [0.717, 1.165) is 25.9 Å². The normalized spacial score (nSPS) is 11.5. The van der Waals surface area contributed by atoms with Crippen molar-refractivity contribution >= 4 is 46.5 Å². The Bertz CT molecular complexity index is 857. The Hall–Kier alpha value is -1.76. The van der Waals surface area contributed by atoms with E-state index in [9.17, 15) is 14.7 Å². The Balaban J connectivity index is 4.31. The zero-order valence-electron chi connectivity index (χ0n) is 34.1. The van der Waals surface area contributed by atoms with Crippen LogP contribution < -0.4 is 26.6 Å². The first kappa shape index (κ1) is 51.2. The van der Waals surface area contributed by atoms with Gasteiger partial charge < -0.3 is 41.7 Å². The van der Waals surface area contributed by atoms with Gasteiger partial charge in [-0.25, -0.2) is 0 Å². The first-order valence-corrected chi connectivity index (χ1v) is 22.5. The average molecular weight is 787 g/mol. The van der Waals surface area contributed by atoms with Gasteiger partial charge in [0.15, 0.2) is 10.2 Å². The molecule has 10 nitrogen and oxygen atoms in total. The second-order valence-electron chi connectivity index (χ2n) is 14.7. The van der Waals surface area contributed by atoms with Crippen molar-refractivity contribution in [3.8, 4) is 0 Å². The van der Waals surface area contributed by atoms with Gasteiger partial charge in [-0.1, -0.05) is 155 Å². The molecule has 2 amide bonds. The fourth-order valence-corrected chi connectivity index (χ4v) is 6.64. The third-order valence-corrected chi connectivity index (χ3v) is 10.2. The van der Waals surface area contributed by atoms with Gasteiger partial charge in [-0.05, 0) is 37.3 Å². The van der Waals surface area contributed by atoms with Gasteiger partial charge in [-0.15, -0.1) is 0 Å². The van der Waals surface area contributed by atoms with E-state index in [2.05, 4.69) is 40.4 Å². The van der Waals surface area contributed by atoms with Gasteiger partial charge in [0.2, 0.25) is 11.8 Å². The quantitative estimate of drug-likeness (QED) is 0.0251. The minimum absolute atomic E-state index is 0.0997. The van der Waals surface area contributed by atoms with Gasteiger partial charge in [0, 0.05) is 58.7 Å². The van der Waals surface area contributed by atoms with E-state index in [-0.39, 0.29) is 37.8 Å².